The quantitative estimate of drug-likeness (QED) is 0.770. The van der Waals surface area contributed by atoms with Gasteiger partial charge in [0, 0.05) is 6.04 Å². The standard InChI is InChI=1S/C14H17FN2O3/c15-10-6-3-7-11(13(10)14(19)20)17-12(18)8-16-9-4-1-2-5-9/h3,6-7,9,16H,1-2,4-5,8H2,(H,17,18)(H,19,20). The van der Waals surface area contributed by atoms with Crippen molar-refractivity contribution in [2.24, 2.45) is 0 Å². The molecular formula is C14H17FN2O3. The number of rotatable bonds is 5. The van der Waals surface area contributed by atoms with E-state index in [0.29, 0.717) is 6.04 Å². The van der Waals surface area contributed by atoms with E-state index in [0.717, 1.165) is 31.7 Å². The van der Waals surface area contributed by atoms with Crippen LogP contribution >= 0.6 is 0 Å². The van der Waals surface area contributed by atoms with Crippen LogP contribution in [0.5, 0.6) is 0 Å². The molecule has 1 aromatic carbocycles. The van der Waals surface area contributed by atoms with Gasteiger partial charge in [-0.25, -0.2) is 9.18 Å². The first-order chi connectivity index (χ1) is 9.58. The van der Waals surface area contributed by atoms with Gasteiger partial charge in [0.1, 0.15) is 11.4 Å². The maximum atomic E-state index is 13.4. The van der Waals surface area contributed by atoms with Gasteiger partial charge in [-0.2, -0.15) is 0 Å². The number of carbonyl (C=O) groups is 2. The first-order valence-electron chi connectivity index (χ1n) is 6.63. The molecule has 0 atom stereocenters. The van der Waals surface area contributed by atoms with Gasteiger partial charge in [-0.1, -0.05) is 18.9 Å². The van der Waals surface area contributed by atoms with Gasteiger partial charge in [-0.3, -0.25) is 4.79 Å². The highest BCUT2D eigenvalue weighted by molar-refractivity contribution is 6.01. The summed E-state index contributed by atoms with van der Waals surface area (Å²) in [5.41, 5.74) is -0.530. The smallest absolute Gasteiger partial charge is 0.340 e. The zero-order valence-corrected chi connectivity index (χ0v) is 11.0. The molecular weight excluding hydrogens is 263 g/mol. The molecule has 0 saturated heterocycles. The number of nitrogens with one attached hydrogen (secondary N) is 2. The van der Waals surface area contributed by atoms with E-state index in [1.807, 2.05) is 0 Å². The van der Waals surface area contributed by atoms with Crippen LogP contribution in [0.15, 0.2) is 18.2 Å². The van der Waals surface area contributed by atoms with E-state index in [9.17, 15) is 14.0 Å². The minimum absolute atomic E-state index is 0.0179. The number of hydrogen-bond acceptors (Lipinski definition) is 3. The van der Waals surface area contributed by atoms with Crippen LogP contribution in [0, 0.1) is 5.82 Å². The normalized spacial score (nSPS) is 15.2. The van der Waals surface area contributed by atoms with Crippen LogP contribution in [0.3, 0.4) is 0 Å². The van der Waals surface area contributed by atoms with Gasteiger partial charge in [0.05, 0.1) is 12.2 Å². The SMILES string of the molecule is O=C(CNC1CCCC1)Nc1cccc(F)c1C(=O)O. The molecule has 1 aromatic rings. The second-order valence-corrected chi connectivity index (χ2v) is 4.88. The molecule has 0 radical (unpaired) electrons. The van der Waals surface area contributed by atoms with Gasteiger partial charge in [0.25, 0.3) is 0 Å². The van der Waals surface area contributed by atoms with Crippen molar-refractivity contribution >= 4 is 17.6 Å². The molecule has 2 rings (SSSR count). The summed E-state index contributed by atoms with van der Waals surface area (Å²) in [5, 5.41) is 14.5. The monoisotopic (exact) mass is 280 g/mol. The van der Waals surface area contributed by atoms with Crippen molar-refractivity contribution in [2.75, 3.05) is 11.9 Å². The van der Waals surface area contributed by atoms with Crippen molar-refractivity contribution in [3.05, 3.63) is 29.6 Å². The lowest BCUT2D eigenvalue weighted by atomic mass is 10.1. The lowest BCUT2D eigenvalue weighted by Crippen LogP contribution is -2.34. The molecule has 1 amide bonds. The molecule has 0 aromatic heterocycles. The summed E-state index contributed by atoms with van der Waals surface area (Å²) in [6.45, 7) is 0.0975. The molecule has 0 unspecified atom stereocenters. The molecule has 108 valence electrons. The summed E-state index contributed by atoms with van der Waals surface area (Å²) in [6, 6.07) is 4.13. The minimum atomic E-state index is -1.40. The zero-order chi connectivity index (χ0) is 14.5. The molecule has 1 saturated carbocycles. The number of hydrogen-bond donors (Lipinski definition) is 3. The fourth-order valence-corrected chi connectivity index (χ4v) is 2.41. The minimum Gasteiger partial charge on any atom is -0.478 e. The Labute approximate surface area is 116 Å². The van der Waals surface area contributed by atoms with Crippen LogP contribution < -0.4 is 10.6 Å². The van der Waals surface area contributed by atoms with E-state index in [-0.39, 0.29) is 18.1 Å². The van der Waals surface area contributed by atoms with E-state index >= 15 is 0 Å². The Morgan fingerprint density at radius 2 is 2.00 bits per heavy atom. The average Bonchev–Trinajstić information content (AvgIpc) is 2.89. The van der Waals surface area contributed by atoms with Crippen LogP contribution in [-0.2, 0) is 4.79 Å². The van der Waals surface area contributed by atoms with Crippen LogP contribution in [-0.4, -0.2) is 29.6 Å². The van der Waals surface area contributed by atoms with Crippen LogP contribution in [0.25, 0.3) is 0 Å². The third-order valence-electron chi connectivity index (χ3n) is 3.41. The molecule has 0 bridgehead atoms. The van der Waals surface area contributed by atoms with E-state index in [2.05, 4.69) is 10.6 Å². The Hall–Kier alpha value is -1.95. The fourth-order valence-electron chi connectivity index (χ4n) is 2.41. The van der Waals surface area contributed by atoms with Crippen molar-refractivity contribution < 1.29 is 19.1 Å². The highest BCUT2D eigenvalue weighted by Gasteiger charge is 2.18. The van der Waals surface area contributed by atoms with Gasteiger partial charge in [0.15, 0.2) is 0 Å². The van der Waals surface area contributed by atoms with Crippen molar-refractivity contribution in [3.8, 4) is 0 Å². The molecule has 0 spiro atoms. The highest BCUT2D eigenvalue weighted by Crippen LogP contribution is 2.19. The Balaban J connectivity index is 1.96. The second kappa shape index (κ2) is 6.47. The van der Waals surface area contributed by atoms with Crippen LogP contribution in [0.1, 0.15) is 36.0 Å². The molecule has 0 heterocycles. The maximum Gasteiger partial charge on any atom is 0.340 e. The van der Waals surface area contributed by atoms with Gasteiger partial charge in [-0.05, 0) is 25.0 Å². The topological polar surface area (TPSA) is 78.4 Å². The number of benzene rings is 1. The molecule has 1 aliphatic rings. The predicted octanol–water partition coefficient (Wildman–Crippen LogP) is 1.99. The lowest BCUT2D eigenvalue weighted by Gasteiger charge is -2.13. The molecule has 1 fully saturated rings. The number of halogens is 1. The van der Waals surface area contributed by atoms with E-state index in [1.165, 1.54) is 12.1 Å². The zero-order valence-electron chi connectivity index (χ0n) is 11.0. The van der Waals surface area contributed by atoms with Gasteiger partial charge in [-0.15, -0.1) is 0 Å². The van der Waals surface area contributed by atoms with Crippen LogP contribution in [0.2, 0.25) is 0 Å². The van der Waals surface area contributed by atoms with Gasteiger partial charge < -0.3 is 15.7 Å². The predicted molar refractivity (Wildman–Crippen MR) is 72.2 cm³/mol. The number of carboxylic acids is 1. The highest BCUT2D eigenvalue weighted by atomic mass is 19.1. The van der Waals surface area contributed by atoms with Crippen LogP contribution in [0.4, 0.5) is 10.1 Å². The second-order valence-electron chi connectivity index (χ2n) is 4.88. The van der Waals surface area contributed by atoms with Crippen molar-refractivity contribution in [1.82, 2.24) is 5.32 Å². The summed E-state index contributed by atoms with van der Waals surface area (Å²) < 4.78 is 13.4. The Morgan fingerprint density at radius 3 is 2.65 bits per heavy atom. The molecule has 20 heavy (non-hydrogen) atoms. The summed E-state index contributed by atoms with van der Waals surface area (Å²) in [4.78, 5) is 22.8. The van der Waals surface area contributed by atoms with E-state index in [4.69, 9.17) is 5.11 Å². The Bertz CT molecular complexity index is 513. The number of aromatic carboxylic acids is 1. The van der Waals surface area contributed by atoms with Crippen molar-refractivity contribution in [3.63, 3.8) is 0 Å². The fraction of sp³-hybridized carbons (Fsp3) is 0.429. The molecule has 3 N–H and O–H groups in total. The third-order valence-corrected chi connectivity index (χ3v) is 3.41. The Kier molecular flexibility index (Phi) is 4.68. The number of anilines is 1. The maximum absolute atomic E-state index is 13.4. The first kappa shape index (κ1) is 14.5. The van der Waals surface area contributed by atoms with Gasteiger partial charge in [0.2, 0.25) is 5.91 Å². The van der Waals surface area contributed by atoms with E-state index < -0.39 is 17.3 Å². The number of amides is 1. The molecule has 0 aliphatic heterocycles. The number of carboxylic acid groups (broad SMARTS) is 1. The third kappa shape index (κ3) is 3.54. The lowest BCUT2D eigenvalue weighted by molar-refractivity contribution is -0.115. The van der Waals surface area contributed by atoms with Crippen molar-refractivity contribution in [2.45, 2.75) is 31.7 Å². The molecule has 6 heteroatoms. The average molecular weight is 280 g/mol. The van der Waals surface area contributed by atoms with E-state index in [1.54, 1.807) is 0 Å². The molecule has 1 aliphatic carbocycles. The number of carbonyl (C=O) groups excluding carboxylic acids is 1. The summed E-state index contributed by atoms with van der Waals surface area (Å²) in [7, 11) is 0. The Morgan fingerprint density at radius 1 is 1.30 bits per heavy atom. The molecule has 5 nitrogen and oxygen atoms in total. The van der Waals surface area contributed by atoms with Gasteiger partial charge >= 0.3 is 5.97 Å². The summed E-state index contributed by atoms with van der Waals surface area (Å²) in [6.07, 6.45) is 4.42. The van der Waals surface area contributed by atoms with Crippen molar-refractivity contribution in [1.29, 1.82) is 0 Å². The largest absolute Gasteiger partial charge is 0.478 e. The first-order valence-corrected chi connectivity index (χ1v) is 6.63. The summed E-state index contributed by atoms with van der Waals surface area (Å²) in [5.74, 6) is -2.63. The summed E-state index contributed by atoms with van der Waals surface area (Å²) >= 11 is 0.